The lowest BCUT2D eigenvalue weighted by atomic mass is 9.86. The number of rotatable bonds is 13. The molecule has 0 saturated carbocycles. The second-order valence-corrected chi connectivity index (χ2v) is 18.0. The van der Waals surface area contributed by atoms with Gasteiger partial charge < -0.3 is 0 Å². The number of hydrogen-bond donors (Lipinski definition) is 0. The van der Waals surface area contributed by atoms with Crippen molar-refractivity contribution in [2.75, 3.05) is 0 Å². The summed E-state index contributed by atoms with van der Waals surface area (Å²) in [7, 11) is 0. The van der Waals surface area contributed by atoms with Crippen molar-refractivity contribution >= 4 is 0 Å². The van der Waals surface area contributed by atoms with Crippen LogP contribution in [0.15, 0.2) is 219 Å². The standard InChI is InChI=1S/C65H50N4/c66-44-54-34-35-58(59-13-9-12-56(54)59)49-29-31-50(32-30-49)62-43-53(65-16-5-8-39-69-65)33-36-61(62)60-11-2-1-10-57(60)55-41-47(19-17-45-21-25-51(26-22-45)63-14-3-6-37-67-63)40-48(42-55)20-18-46-23-27-52(28-24-46)64-15-4-7-38-68-64/h1-8,10-11,14-16,21-43H,9,12-13,17-20H2. The molecule has 3 heterocycles. The summed E-state index contributed by atoms with van der Waals surface area (Å²) in [5.74, 6) is 0. The van der Waals surface area contributed by atoms with Crippen LogP contribution in [0.25, 0.3) is 78.3 Å². The van der Waals surface area contributed by atoms with Crippen molar-refractivity contribution < 1.29 is 0 Å². The van der Waals surface area contributed by atoms with Crippen LogP contribution in [0.5, 0.6) is 0 Å². The average Bonchev–Trinajstić information content (AvgIpc) is 3.93. The predicted molar refractivity (Wildman–Crippen MR) is 282 cm³/mol. The number of aromatic nitrogens is 3. The molecular formula is C65H50N4. The maximum atomic E-state index is 9.82. The van der Waals surface area contributed by atoms with E-state index in [2.05, 4.69) is 180 Å². The first-order chi connectivity index (χ1) is 34.1. The van der Waals surface area contributed by atoms with E-state index in [1.54, 1.807) is 0 Å². The Morgan fingerprint density at radius 2 is 0.783 bits per heavy atom. The molecule has 0 amide bonds. The largest absolute Gasteiger partial charge is 0.256 e. The average molecular weight is 887 g/mol. The van der Waals surface area contributed by atoms with E-state index in [1.165, 1.54) is 66.8 Å². The van der Waals surface area contributed by atoms with Gasteiger partial charge in [0.15, 0.2) is 0 Å². The van der Waals surface area contributed by atoms with E-state index in [9.17, 15) is 5.26 Å². The summed E-state index contributed by atoms with van der Waals surface area (Å²) in [5.41, 5.74) is 24.4. The summed E-state index contributed by atoms with van der Waals surface area (Å²) in [6.07, 6.45) is 12.3. The first kappa shape index (κ1) is 43.1. The van der Waals surface area contributed by atoms with Crippen molar-refractivity contribution in [2.24, 2.45) is 0 Å². The molecule has 3 aromatic heterocycles. The van der Waals surface area contributed by atoms with Crippen LogP contribution >= 0.6 is 0 Å². The van der Waals surface area contributed by atoms with Gasteiger partial charge in [0, 0.05) is 35.3 Å². The van der Waals surface area contributed by atoms with Gasteiger partial charge in [-0.3, -0.25) is 15.0 Å². The van der Waals surface area contributed by atoms with Crippen LogP contribution in [0.1, 0.15) is 45.4 Å². The van der Waals surface area contributed by atoms with E-state index in [0.29, 0.717) is 0 Å². The Hall–Kier alpha value is -8.52. The Morgan fingerprint density at radius 3 is 1.33 bits per heavy atom. The number of aryl methyl sites for hydroxylation is 4. The molecule has 0 unspecified atom stereocenters. The highest BCUT2D eigenvalue weighted by atomic mass is 14.7. The molecule has 0 atom stereocenters. The third-order valence-corrected chi connectivity index (χ3v) is 13.7. The van der Waals surface area contributed by atoms with Gasteiger partial charge in [-0.2, -0.15) is 5.26 Å². The van der Waals surface area contributed by atoms with E-state index < -0.39 is 0 Å². The second-order valence-electron chi connectivity index (χ2n) is 18.0. The molecule has 10 aromatic rings. The number of fused-ring (bicyclic) bond motifs is 1. The van der Waals surface area contributed by atoms with Crippen molar-refractivity contribution in [3.8, 4) is 84.3 Å². The molecule has 0 radical (unpaired) electrons. The summed E-state index contributed by atoms with van der Waals surface area (Å²) in [6, 6.07) is 74.6. The van der Waals surface area contributed by atoms with Crippen LogP contribution in [0.3, 0.4) is 0 Å². The Bertz CT molecular complexity index is 3320. The second kappa shape index (κ2) is 19.8. The van der Waals surface area contributed by atoms with Gasteiger partial charge in [0.05, 0.1) is 28.7 Å². The zero-order valence-corrected chi connectivity index (χ0v) is 38.5. The molecule has 4 nitrogen and oxygen atoms in total. The highest BCUT2D eigenvalue weighted by molar-refractivity contribution is 5.94. The lowest BCUT2D eigenvalue weighted by Crippen LogP contribution is -1.98. The Morgan fingerprint density at radius 1 is 0.333 bits per heavy atom. The van der Waals surface area contributed by atoms with Gasteiger partial charge in [-0.05, 0) is 171 Å². The molecule has 0 saturated heterocycles. The molecule has 7 aromatic carbocycles. The molecule has 0 spiro atoms. The van der Waals surface area contributed by atoms with E-state index >= 15 is 0 Å². The zero-order valence-electron chi connectivity index (χ0n) is 38.5. The summed E-state index contributed by atoms with van der Waals surface area (Å²) >= 11 is 0. The molecule has 0 bridgehead atoms. The fourth-order valence-electron chi connectivity index (χ4n) is 10.1. The summed E-state index contributed by atoms with van der Waals surface area (Å²) in [5, 5.41) is 9.82. The van der Waals surface area contributed by atoms with Crippen molar-refractivity contribution in [3.63, 3.8) is 0 Å². The number of benzene rings is 7. The van der Waals surface area contributed by atoms with E-state index in [0.717, 1.165) is 95.4 Å². The SMILES string of the molecule is N#Cc1ccc(-c2ccc(-c3cc(-c4ccccn4)ccc3-c3ccccc3-c3cc(CCc4ccc(-c5ccccn5)cc4)cc(CCc4ccc(-c5ccccn5)cc4)c3)cc2)c2c1CCC2. The maximum Gasteiger partial charge on any atom is 0.0994 e. The lowest BCUT2D eigenvalue weighted by molar-refractivity contribution is 0.911. The summed E-state index contributed by atoms with van der Waals surface area (Å²) < 4.78 is 0. The van der Waals surface area contributed by atoms with Gasteiger partial charge >= 0.3 is 0 Å². The molecule has 0 aliphatic heterocycles. The predicted octanol–water partition coefficient (Wildman–Crippen LogP) is 15.5. The minimum atomic E-state index is 0.814. The number of nitriles is 1. The van der Waals surface area contributed by atoms with Gasteiger partial charge in [0.1, 0.15) is 0 Å². The van der Waals surface area contributed by atoms with E-state index in [1.807, 2.05) is 55.0 Å². The van der Waals surface area contributed by atoms with E-state index in [-0.39, 0.29) is 0 Å². The van der Waals surface area contributed by atoms with Crippen molar-refractivity contribution in [2.45, 2.75) is 44.9 Å². The zero-order chi connectivity index (χ0) is 46.4. The third kappa shape index (κ3) is 9.41. The van der Waals surface area contributed by atoms with Gasteiger partial charge in [-0.25, -0.2) is 0 Å². The highest BCUT2D eigenvalue weighted by Crippen LogP contribution is 2.42. The van der Waals surface area contributed by atoms with Crippen LogP contribution in [0.2, 0.25) is 0 Å². The molecule has 0 fully saturated rings. The maximum absolute atomic E-state index is 9.82. The summed E-state index contributed by atoms with van der Waals surface area (Å²) in [4.78, 5) is 13.9. The molecule has 1 aliphatic carbocycles. The molecular weight excluding hydrogens is 837 g/mol. The number of nitrogens with zero attached hydrogens (tertiary/aromatic N) is 4. The minimum Gasteiger partial charge on any atom is -0.256 e. The smallest absolute Gasteiger partial charge is 0.0994 e. The van der Waals surface area contributed by atoms with Crippen molar-refractivity contribution in [1.82, 2.24) is 15.0 Å². The van der Waals surface area contributed by atoms with Gasteiger partial charge in [-0.1, -0.05) is 152 Å². The molecule has 4 heteroatoms. The third-order valence-electron chi connectivity index (χ3n) is 13.7. The first-order valence-electron chi connectivity index (χ1n) is 24.1. The molecule has 1 aliphatic rings. The van der Waals surface area contributed by atoms with Crippen molar-refractivity contribution in [3.05, 3.63) is 258 Å². The van der Waals surface area contributed by atoms with Crippen LogP contribution < -0.4 is 0 Å². The van der Waals surface area contributed by atoms with Crippen LogP contribution in [0, 0.1) is 11.3 Å². The molecule has 0 N–H and O–H groups in total. The Labute approximate surface area is 405 Å². The number of pyridine rings is 3. The van der Waals surface area contributed by atoms with Crippen LogP contribution in [-0.4, -0.2) is 15.0 Å². The van der Waals surface area contributed by atoms with E-state index in [4.69, 9.17) is 4.98 Å². The van der Waals surface area contributed by atoms with Crippen LogP contribution in [-0.2, 0) is 38.5 Å². The molecule has 330 valence electrons. The summed E-state index contributed by atoms with van der Waals surface area (Å²) in [6.45, 7) is 0. The van der Waals surface area contributed by atoms with Crippen LogP contribution in [0.4, 0.5) is 0 Å². The fraction of sp³-hybridized carbons (Fsp3) is 0.108. The Kier molecular flexibility index (Phi) is 12.3. The van der Waals surface area contributed by atoms with Crippen molar-refractivity contribution in [1.29, 1.82) is 5.26 Å². The monoisotopic (exact) mass is 886 g/mol. The van der Waals surface area contributed by atoms with Gasteiger partial charge in [0.25, 0.3) is 0 Å². The lowest BCUT2D eigenvalue weighted by Gasteiger charge is -2.18. The molecule has 69 heavy (non-hydrogen) atoms. The normalized spacial score (nSPS) is 11.8. The van der Waals surface area contributed by atoms with Gasteiger partial charge in [-0.15, -0.1) is 0 Å². The Balaban J connectivity index is 0.958. The minimum absolute atomic E-state index is 0.814. The number of hydrogen-bond acceptors (Lipinski definition) is 4. The van der Waals surface area contributed by atoms with Gasteiger partial charge in [0.2, 0.25) is 0 Å². The first-order valence-corrected chi connectivity index (χ1v) is 24.1. The fourth-order valence-corrected chi connectivity index (χ4v) is 10.1. The topological polar surface area (TPSA) is 62.5 Å². The highest BCUT2D eigenvalue weighted by Gasteiger charge is 2.21. The quantitative estimate of drug-likeness (QED) is 0.116. The molecule has 11 rings (SSSR count).